The predicted molar refractivity (Wildman–Crippen MR) is 135 cm³/mol. The number of nitrogens with one attached hydrogen (secondary N) is 1. The lowest BCUT2D eigenvalue weighted by molar-refractivity contribution is 0.235. The smallest absolute Gasteiger partial charge is 0.130 e. The molecule has 5 rings (SSSR count). The number of alkyl halides is 1. The first-order chi connectivity index (χ1) is 16.6. The van der Waals surface area contributed by atoms with Crippen LogP contribution in [0.15, 0.2) is 67.8 Å². The van der Waals surface area contributed by atoms with Gasteiger partial charge in [-0.05, 0) is 35.2 Å². The van der Waals surface area contributed by atoms with Gasteiger partial charge in [-0.1, -0.05) is 18.7 Å². The van der Waals surface area contributed by atoms with Crippen LogP contribution in [-0.4, -0.2) is 64.0 Å². The first-order valence-electron chi connectivity index (χ1n) is 11.4. The summed E-state index contributed by atoms with van der Waals surface area (Å²) in [5.41, 5.74) is 3.91. The van der Waals surface area contributed by atoms with E-state index in [1.165, 1.54) is 0 Å². The molecule has 4 aromatic rings. The summed E-state index contributed by atoms with van der Waals surface area (Å²) in [6, 6.07) is 12.3. The molecule has 1 N–H and O–H groups in total. The minimum absolute atomic E-state index is 0.299. The molecule has 1 aromatic carbocycles. The number of pyridine rings is 2. The second kappa shape index (κ2) is 9.61. The number of nitrogens with zero attached hydrogens (tertiary/aromatic N) is 6. The van der Waals surface area contributed by atoms with Crippen LogP contribution in [0, 0.1) is 0 Å². The van der Waals surface area contributed by atoms with Crippen molar-refractivity contribution in [2.45, 2.75) is 0 Å². The van der Waals surface area contributed by atoms with Crippen molar-refractivity contribution < 1.29 is 4.39 Å². The molecule has 1 aliphatic rings. The Morgan fingerprint density at radius 1 is 1.00 bits per heavy atom. The molecule has 0 aliphatic carbocycles. The van der Waals surface area contributed by atoms with E-state index in [4.69, 9.17) is 0 Å². The molecule has 0 bridgehead atoms. The zero-order chi connectivity index (χ0) is 23.5. The molecule has 34 heavy (non-hydrogen) atoms. The summed E-state index contributed by atoms with van der Waals surface area (Å²) < 4.78 is 14.4. The first-order valence-corrected chi connectivity index (χ1v) is 11.4. The van der Waals surface area contributed by atoms with Crippen molar-refractivity contribution in [1.82, 2.24) is 24.6 Å². The van der Waals surface area contributed by atoms with Crippen molar-refractivity contribution in [3.63, 3.8) is 0 Å². The molecule has 7 nitrogen and oxygen atoms in total. The molecule has 8 heteroatoms. The van der Waals surface area contributed by atoms with E-state index >= 15 is 0 Å². The third-order valence-corrected chi connectivity index (χ3v) is 6.23. The minimum atomic E-state index is -0.299. The van der Waals surface area contributed by atoms with Crippen molar-refractivity contribution in [2.24, 2.45) is 7.05 Å². The molecule has 1 fully saturated rings. The molecule has 0 saturated carbocycles. The van der Waals surface area contributed by atoms with Gasteiger partial charge in [-0.2, -0.15) is 5.10 Å². The number of rotatable bonds is 7. The SMILES string of the molecule is C=C(Nc1cc2cc(-c3cnn(C)c3)ccc2cn1)c1ccnc(N2CCN(CCF)CC2)c1. The summed E-state index contributed by atoms with van der Waals surface area (Å²) >= 11 is 0. The van der Waals surface area contributed by atoms with Gasteiger partial charge in [-0.25, -0.2) is 14.4 Å². The van der Waals surface area contributed by atoms with Gasteiger partial charge < -0.3 is 10.2 Å². The van der Waals surface area contributed by atoms with Crippen molar-refractivity contribution >= 4 is 28.1 Å². The lowest BCUT2D eigenvalue weighted by atomic mass is 10.0. The topological polar surface area (TPSA) is 62.1 Å². The first kappa shape index (κ1) is 22.0. The van der Waals surface area contributed by atoms with Crippen molar-refractivity contribution in [3.8, 4) is 11.1 Å². The van der Waals surface area contributed by atoms with Gasteiger partial charge in [0.05, 0.1) is 6.20 Å². The van der Waals surface area contributed by atoms with Crippen LogP contribution in [0.25, 0.3) is 27.6 Å². The summed E-state index contributed by atoms with van der Waals surface area (Å²) in [4.78, 5) is 13.5. The lowest BCUT2D eigenvalue weighted by Crippen LogP contribution is -2.47. The number of aryl methyl sites for hydroxylation is 1. The highest BCUT2D eigenvalue weighted by Gasteiger charge is 2.18. The molecule has 174 valence electrons. The van der Waals surface area contributed by atoms with Gasteiger partial charge in [0.15, 0.2) is 0 Å². The Balaban J connectivity index is 1.31. The quantitative estimate of drug-likeness (QED) is 0.449. The van der Waals surface area contributed by atoms with Gasteiger partial charge in [-0.3, -0.25) is 9.58 Å². The predicted octanol–water partition coefficient (Wildman–Crippen LogP) is 4.20. The third kappa shape index (κ3) is 4.77. The Kier molecular flexibility index (Phi) is 6.22. The molecular formula is C26H28FN7. The summed E-state index contributed by atoms with van der Waals surface area (Å²) in [5.74, 6) is 1.65. The van der Waals surface area contributed by atoms with E-state index in [-0.39, 0.29) is 6.67 Å². The zero-order valence-electron chi connectivity index (χ0n) is 19.3. The van der Waals surface area contributed by atoms with E-state index in [9.17, 15) is 4.39 Å². The fourth-order valence-electron chi connectivity index (χ4n) is 4.29. The average molecular weight is 458 g/mol. The minimum Gasteiger partial charge on any atom is -0.354 e. The Morgan fingerprint density at radius 3 is 2.62 bits per heavy atom. The van der Waals surface area contributed by atoms with Crippen LogP contribution in [0.5, 0.6) is 0 Å². The van der Waals surface area contributed by atoms with Crippen molar-refractivity contribution in [1.29, 1.82) is 0 Å². The molecule has 4 heterocycles. The maximum Gasteiger partial charge on any atom is 0.130 e. The highest BCUT2D eigenvalue weighted by Crippen LogP contribution is 2.26. The number of anilines is 2. The number of piperazine rings is 1. The van der Waals surface area contributed by atoms with E-state index < -0.39 is 0 Å². The molecule has 0 amide bonds. The monoisotopic (exact) mass is 457 g/mol. The van der Waals surface area contributed by atoms with Crippen LogP contribution in [0.3, 0.4) is 0 Å². The average Bonchev–Trinajstić information content (AvgIpc) is 3.30. The fraction of sp³-hybridized carbons (Fsp3) is 0.269. The van der Waals surface area contributed by atoms with Crippen molar-refractivity contribution in [2.75, 3.05) is 49.6 Å². The van der Waals surface area contributed by atoms with Crippen LogP contribution >= 0.6 is 0 Å². The number of aromatic nitrogens is 4. The summed E-state index contributed by atoms with van der Waals surface area (Å²) in [7, 11) is 1.92. The number of hydrogen-bond donors (Lipinski definition) is 1. The van der Waals surface area contributed by atoms with Gasteiger partial charge >= 0.3 is 0 Å². The van der Waals surface area contributed by atoms with E-state index in [1.54, 1.807) is 10.9 Å². The standard InChI is InChI=1S/C26H28FN7/c1-19(20-5-7-28-26(15-20)34-11-9-33(8-6-27)10-12-34)31-25-14-23-13-21(3-4-22(23)16-29-25)24-17-30-32(2)18-24/h3-5,7,13-18H,1,6,8-12H2,2H3,(H,29,31). The Hall–Kier alpha value is -3.78. The second-order valence-corrected chi connectivity index (χ2v) is 8.56. The Morgan fingerprint density at radius 2 is 1.85 bits per heavy atom. The molecule has 1 saturated heterocycles. The molecular weight excluding hydrogens is 429 g/mol. The van der Waals surface area contributed by atoms with Crippen LogP contribution in [0.4, 0.5) is 16.0 Å². The normalized spacial score (nSPS) is 14.5. The van der Waals surface area contributed by atoms with Gasteiger partial charge in [0.2, 0.25) is 0 Å². The van der Waals surface area contributed by atoms with Crippen LogP contribution in [-0.2, 0) is 7.05 Å². The van der Waals surface area contributed by atoms with Crippen molar-refractivity contribution in [3.05, 3.63) is 73.3 Å². The molecule has 1 aliphatic heterocycles. The Labute approximate surface area is 198 Å². The number of halogens is 1. The fourth-order valence-corrected chi connectivity index (χ4v) is 4.29. The highest BCUT2D eigenvalue weighted by atomic mass is 19.1. The van der Waals surface area contributed by atoms with E-state index in [1.807, 2.05) is 43.8 Å². The van der Waals surface area contributed by atoms with Crippen LogP contribution in [0.2, 0.25) is 0 Å². The van der Waals surface area contributed by atoms with Crippen LogP contribution in [0.1, 0.15) is 5.56 Å². The van der Waals surface area contributed by atoms with E-state index in [0.717, 1.165) is 71.0 Å². The maximum absolute atomic E-state index is 12.6. The number of fused-ring (bicyclic) bond motifs is 1. The number of benzene rings is 1. The summed E-state index contributed by atoms with van der Waals surface area (Å²) in [5, 5.41) is 9.78. The molecule has 0 radical (unpaired) electrons. The van der Waals surface area contributed by atoms with Gasteiger partial charge in [0.25, 0.3) is 0 Å². The molecule has 0 atom stereocenters. The Bertz CT molecular complexity index is 1310. The maximum atomic E-state index is 12.6. The second-order valence-electron chi connectivity index (χ2n) is 8.56. The van der Waals surface area contributed by atoms with E-state index in [2.05, 4.69) is 55.0 Å². The molecule has 0 unspecified atom stereocenters. The summed E-state index contributed by atoms with van der Waals surface area (Å²) in [6.45, 7) is 7.80. The highest BCUT2D eigenvalue weighted by molar-refractivity contribution is 5.89. The van der Waals surface area contributed by atoms with Gasteiger partial charge in [-0.15, -0.1) is 0 Å². The van der Waals surface area contributed by atoms with E-state index in [0.29, 0.717) is 6.54 Å². The largest absolute Gasteiger partial charge is 0.354 e. The zero-order valence-corrected chi connectivity index (χ0v) is 19.3. The number of hydrogen-bond acceptors (Lipinski definition) is 6. The molecule has 0 spiro atoms. The summed E-state index contributed by atoms with van der Waals surface area (Å²) in [6.07, 6.45) is 7.54. The molecule has 3 aromatic heterocycles. The van der Waals surface area contributed by atoms with Crippen LogP contribution < -0.4 is 10.2 Å². The third-order valence-electron chi connectivity index (χ3n) is 6.23. The lowest BCUT2D eigenvalue weighted by Gasteiger charge is -2.35. The van der Waals surface area contributed by atoms with Gasteiger partial charge in [0, 0.05) is 80.6 Å². The van der Waals surface area contributed by atoms with Gasteiger partial charge in [0.1, 0.15) is 18.3 Å².